The second-order valence-electron chi connectivity index (χ2n) is 3.12. The molecule has 1 heterocycles. The minimum absolute atomic E-state index is 0.174. The molecule has 0 unspecified atom stereocenters. The Morgan fingerprint density at radius 1 is 1.33 bits per heavy atom. The predicted octanol–water partition coefficient (Wildman–Crippen LogP) is 1.84. The Kier molecular flexibility index (Phi) is 2.51. The van der Waals surface area contributed by atoms with Crippen LogP contribution in [0.25, 0.3) is 10.9 Å². The monoisotopic (exact) mass is 218 g/mol. The molecule has 3 nitrogen and oxygen atoms in total. The van der Waals surface area contributed by atoms with E-state index in [1.165, 1.54) is 0 Å². The first-order valence-electron chi connectivity index (χ1n) is 4.53. The summed E-state index contributed by atoms with van der Waals surface area (Å²) in [4.78, 5) is 4.86. The smallest absolute Gasteiger partial charge is 0.141 e. The van der Waals surface area contributed by atoms with E-state index in [-0.39, 0.29) is 5.75 Å². The number of hydrogen-bond acceptors (Lipinski definition) is 3. The van der Waals surface area contributed by atoms with Crippen LogP contribution in [0.3, 0.4) is 0 Å². The van der Waals surface area contributed by atoms with Crippen LogP contribution < -0.4 is 5.32 Å². The third-order valence-electron chi connectivity index (χ3n) is 2.16. The molecule has 1 aromatic carbocycles. The lowest BCUT2D eigenvalue weighted by Crippen LogP contribution is -2.17. The average molecular weight is 218 g/mol. The summed E-state index contributed by atoms with van der Waals surface area (Å²) < 4.78 is 0. The average Bonchev–Trinajstić information content (AvgIpc) is 2.28. The second kappa shape index (κ2) is 3.82. The van der Waals surface area contributed by atoms with Gasteiger partial charge in [0, 0.05) is 12.4 Å². The van der Waals surface area contributed by atoms with E-state index in [4.69, 9.17) is 12.2 Å². The molecule has 0 spiro atoms. The van der Waals surface area contributed by atoms with Gasteiger partial charge in [-0.05, 0) is 12.1 Å². The van der Waals surface area contributed by atoms with Gasteiger partial charge < -0.3 is 10.4 Å². The summed E-state index contributed by atoms with van der Waals surface area (Å²) in [6.45, 7) is 0. The van der Waals surface area contributed by atoms with E-state index in [9.17, 15) is 5.11 Å². The maximum atomic E-state index is 9.62. The molecule has 2 aromatic rings. The third kappa shape index (κ3) is 1.76. The lowest BCUT2D eigenvalue weighted by Gasteiger charge is -2.04. The SMILES string of the molecule is CNC(=S)c1ccc2cccc(O)c2n1. The van der Waals surface area contributed by atoms with E-state index in [0.717, 1.165) is 5.39 Å². The first-order valence-corrected chi connectivity index (χ1v) is 4.94. The van der Waals surface area contributed by atoms with Crippen LogP contribution in [0.1, 0.15) is 5.69 Å². The summed E-state index contributed by atoms with van der Waals surface area (Å²) in [7, 11) is 1.75. The molecule has 0 saturated heterocycles. The predicted molar refractivity (Wildman–Crippen MR) is 64.2 cm³/mol. The van der Waals surface area contributed by atoms with Crippen LogP contribution in [-0.4, -0.2) is 22.1 Å². The highest BCUT2D eigenvalue weighted by Crippen LogP contribution is 2.22. The van der Waals surface area contributed by atoms with Crippen LogP contribution in [0.2, 0.25) is 0 Å². The van der Waals surface area contributed by atoms with Crippen molar-refractivity contribution in [2.45, 2.75) is 0 Å². The number of benzene rings is 1. The van der Waals surface area contributed by atoms with Crippen LogP contribution in [0.5, 0.6) is 5.75 Å². The zero-order valence-corrected chi connectivity index (χ0v) is 9.01. The molecule has 0 fully saturated rings. The second-order valence-corrected chi connectivity index (χ2v) is 3.53. The van der Waals surface area contributed by atoms with Gasteiger partial charge in [-0.3, -0.25) is 0 Å². The van der Waals surface area contributed by atoms with Gasteiger partial charge in [0.1, 0.15) is 16.3 Å². The molecule has 2 rings (SSSR count). The van der Waals surface area contributed by atoms with Crippen molar-refractivity contribution in [2.75, 3.05) is 7.05 Å². The Bertz CT molecular complexity index is 525. The van der Waals surface area contributed by atoms with Crippen LogP contribution in [-0.2, 0) is 0 Å². The molecule has 15 heavy (non-hydrogen) atoms. The molecule has 0 aliphatic rings. The highest BCUT2D eigenvalue weighted by molar-refractivity contribution is 7.80. The number of nitrogens with zero attached hydrogens (tertiary/aromatic N) is 1. The largest absolute Gasteiger partial charge is 0.506 e. The molecule has 0 aliphatic carbocycles. The van der Waals surface area contributed by atoms with Crippen LogP contribution in [0.15, 0.2) is 30.3 Å². The molecular weight excluding hydrogens is 208 g/mol. The van der Waals surface area contributed by atoms with Gasteiger partial charge in [0.15, 0.2) is 0 Å². The van der Waals surface area contributed by atoms with E-state index in [1.54, 1.807) is 19.2 Å². The van der Waals surface area contributed by atoms with Crippen molar-refractivity contribution in [3.8, 4) is 5.75 Å². The van der Waals surface area contributed by atoms with E-state index in [0.29, 0.717) is 16.2 Å². The van der Waals surface area contributed by atoms with Crippen molar-refractivity contribution in [3.63, 3.8) is 0 Å². The van der Waals surface area contributed by atoms with Crippen molar-refractivity contribution in [2.24, 2.45) is 0 Å². The number of nitrogens with one attached hydrogen (secondary N) is 1. The molecule has 1 aromatic heterocycles. The van der Waals surface area contributed by atoms with Gasteiger partial charge in [0.25, 0.3) is 0 Å². The maximum absolute atomic E-state index is 9.62. The molecule has 0 saturated carbocycles. The topological polar surface area (TPSA) is 45.1 Å². The van der Waals surface area contributed by atoms with Gasteiger partial charge in [-0.25, -0.2) is 4.98 Å². The summed E-state index contributed by atoms with van der Waals surface area (Å²) in [6.07, 6.45) is 0. The molecule has 0 radical (unpaired) electrons. The van der Waals surface area contributed by atoms with Gasteiger partial charge >= 0.3 is 0 Å². The minimum Gasteiger partial charge on any atom is -0.506 e. The van der Waals surface area contributed by atoms with Crippen LogP contribution >= 0.6 is 12.2 Å². The fraction of sp³-hybridized carbons (Fsp3) is 0.0909. The number of aromatic hydroxyl groups is 1. The summed E-state index contributed by atoms with van der Waals surface area (Å²) in [5.74, 6) is 0.174. The van der Waals surface area contributed by atoms with Gasteiger partial charge in [0.2, 0.25) is 0 Å². The molecule has 0 amide bonds. The Labute approximate surface area is 92.8 Å². The summed E-state index contributed by atoms with van der Waals surface area (Å²) >= 11 is 5.07. The van der Waals surface area contributed by atoms with Crippen molar-refractivity contribution >= 4 is 28.1 Å². The Morgan fingerprint density at radius 2 is 2.13 bits per heavy atom. The number of fused-ring (bicyclic) bond motifs is 1. The molecule has 0 atom stereocenters. The van der Waals surface area contributed by atoms with E-state index in [2.05, 4.69) is 10.3 Å². The van der Waals surface area contributed by atoms with Crippen molar-refractivity contribution < 1.29 is 5.11 Å². The van der Waals surface area contributed by atoms with E-state index in [1.807, 2.05) is 18.2 Å². The quantitative estimate of drug-likeness (QED) is 0.717. The van der Waals surface area contributed by atoms with Crippen molar-refractivity contribution in [1.29, 1.82) is 0 Å². The summed E-state index contributed by atoms with van der Waals surface area (Å²) in [5.41, 5.74) is 1.24. The number of phenols is 1. The number of para-hydroxylation sites is 1. The molecule has 4 heteroatoms. The zero-order valence-electron chi connectivity index (χ0n) is 8.19. The summed E-state index contributed by atoms with van der Waals surface area (Å²) in [6, 6.07) is 9.02. The molecule has 2 N–H and O–H groups in total. The van der Waals surface area contributed by atoms with Crippen LogP contribution in [0.4, 0.5) is 0 Å². The Balaban J connectivity index is 2.64. The van der Waals surface area contributed by atoms with Crippen molar-refractivity contribution in [3.05, 3.63) is 36.0 Å². The van der Waals surface area contributed by atoms with E-state index >= 15 is 0 Å². The standard InChI is InChI=1S/C11H10N2OS/c1-12-11(15)8-6-5-7-3-2-4-9(14)10(7)13-8/h2-6,14H,1H3,(H,12,15). The fourth-order valence-electron chi connectivity index (χ4n) is 1.39. The van der Waals surface area contributed by atoms with Crippen molar-refractivity contribution in [1.82, 2.24) is 10.3 Å². The number of rotatable bonds is 1. The van der Waals surface area contributed by atoms with Gasteiger partial charge in [-0.15, -0.1) is 0 Å². The van der Waals surface area contributed by atoms with Gasteiger partial charge in [0.05, 0.1) is 5.69 Å². The lowest BCUT2D eigenvalue weighted by atomic mass is 10.2. The molecule has 76 valence electrons. The minimum atomic E-state index is 0.174. The zero-order chi connectivity index (χ0) is 10.8. The number of hydrogen-bond donors (Lipinski definition) is 2. The highest BCUT2D eigenvalue weighted by atomic mass is 32.1. The lowest BCUT2D eigenvalue weighted by molar-refractivity contribution is 0.480. The first-order chi connectivity index (χ1) is 7.22. The van der Waals surface area contributed by atoms with Crippen LogP contribution in [0, 0.1) is 0 Å². The maximum Gasteiger partial charge on any atom is 0.141 e. The summed E-state index contributed by atoms with van der Waals surface area (Å²) in [5, 5.41) is 13.4. The van der Waals surface area contributed by atoms with E-state index < -0.39 is 0 Å². The fourth-order valence-corrected chi connectivity index (χ4v) is 1.50. The highest BCUT2D eigenvalue weighted by Gasteiger charge is 2.04. The normalized spacial score (nSPS) is 10.2. The van der Waals surface area contributed by atoms with Gasteiger partial charge in [-0.1, -0.05) is 30.4 Å². The number of phenolic OH excluding ortho intramolecular Hbond substituents is 1. The molecule has 0 aliphatic heterocycles. The van der Waals surface area contributed by atoms with Gasteiger partial charge in [-0.2, -0.15) is 0 Å². The number of pyridine rings is 1. The Hall–Kier alpha value is -1.68. The first kappa shape index (κ1) is 9.86. The number of aromatic nitrogens is 1. The molecular formula is C11H10N2OS. The molecule has 0 bridgehead atoms. The Morgan fingerprint density at radius 3 is 2.87 bits per heavy atom. The third-order valence-corrected chi connectivity index (χ3v) is 2.57. The number of thiocarbonyl (C=S) groups is 1.